The molecule has 0 heterocycles. The second-order valence-corrected chi connectivity index (χ2v) is 6.45. The van der Waals surface area contributed by atoms with E-state index in [0.717, 1.165) is 5.69 Å². The van der Waals surface area contributed by atoms with E-state index < -0.39 is 9.84 Å². The van der Waals surface area contributed by atoms with Crippen LogP contribution in [0.5, 0.6) is 0 Å². The van der Waals surface area contributed by atoms with Gasteiger partial charge in [0.15, 0.2) is 0 Å². The van der Waals surface area contributed by atoms with Crippen molar-refractivity contribution in [3.8, 4) is 0 Å². The standard InChI is InChI=1S/C13H21NO3S/c1-17-10-6-12-18(15,16)11-5-9-14-13-7-3-2-4-8-13/h2-4,7-8,14H,5-6,9-12H2,1H3. The fourth-order valence-electron chi connectivity index (χ4n) is 1.61. The third-order valence-corrected chi connectivity index (χ3v) is 4.36. The van der Waals surface area contributed by atoms with E-state index >= 15 is 0 Å². The van der Waals surface area contributed by atoms with Crippen LogP contribution in [0.1, 0.15) is 12.8 Å². The molecule has 0 saturated carbocycles. The Morgan fingerprint density at radius 1 is 1.11 bits per heavy atom. The SMILES string of the molecule is COCCCS(=O)(=O)CCCNc1ccccc1. The average Bonchev–Trinajstić information content (AvgIpc) is 2.36. The van der Waals surface area contributed by atoms with Crippen LogP contribution in [0.15, 0.2) is 30.3 Å². The van der Waals surface area contributed by atoms with E-state index in [1.807, 2.05) is 30.3 Å². The van der Waals surface area contributed by atoms with Gasteiger partial charge in [0, 0.05) is 25.9 Å². The van der Waals surface area contributed by atoms with Crippen molar-refractivity contribution >= 4 is 15.5 Å². The van der Waals surface area contributed by atoms with Gasteiger partial charge in [-0.3, -0.25) is 0 Å². The number of benzene rings is 1. The Morgan fingerprint density at radius 3 is 2.44 bits per heavy atom. The highest BCUT2D eigenvalue weighted by atomic mass is 32.2. The van der Waals surface area contributed by atoms with Gasteiger partial charge in [-0.1, -0.05) is 18.2 Å². The molecule has 0 unspecified atom stereocenters. The van der Waals surface area contributed by atoms with Crippen molar-refractivity contribution in [2.24, 2.45) is 0 Å². The van der Waals surface area contributed by atoms with E-state index in [-0.39, 0.29) is 11.5 Å². The summed E-state index contributed by atoms with van der Waals surface area (Å²) in [6, 6.07) is 9.78. The molecule has 0 radical (unpaired) electrons. The van der Waals surface area contributed by atoms with Crippen molar-refractivity contribution in [3.05, 3.63) is 30.3 Å². The lowest BCUT2D eigenvalue weighted by Crippen LogP contribution is -2.15. The summed E-state index contributed by atoms with van der Waals surface area (Å²) in [5, 5.41) is 3.20. The minimum absolute atomic E-state index is 0.214. The zero-order chi connectivity index (χ0) is 13.3. The minimum atomic E-state index is -2.93. The quantitative estimate of drug-likeness (QED) is 0.697. The van der Waals surface area contributed by atoms with Crippen LogP contribution in [0.25, 0.3) is 0 Å². The third kappa shape index (κ3) is 6.61. The van der Waals surface area contributed by atoms with Gasteiger partial charge < -0.3 is 10.1 Å². The Balaban J connectivity index is 2.17. The summed E-state index contributed by atoms with van der Waals surface area (Å²) in [4.78, 5) is 0. The molecule has 0 aromatic heterocycles. The predicted molar refractivity (Wildman–Crippen MR) is 74.7 cm³/mol. The fraction of sp³-hybridized carbons (Fsp3) is 0.538. The van der Waals surface area contributed by atoms with E-state index in [2.05, 4.69) is 5.32 Å². The van der Waals surface area contributed by atoms with Gasteiger partial charge in [-0.25, -0.2) is 8.42 Å². The van der Waals surface area contributed by atoms with Crippen molar-refractivity contribution in [3.63, 3.8) is 0 Å². The fourth-order valence-corrected chi connectivity index (χ4v) is 2.95. The van der Waals surface area contributed by atoms with Crippen molar-refractivity contribution < 1.29 is 13.2 Å². The molecule has 0 aliphatic carbocycles. The van der Waals surface area contributed by atoms with Crippen LogP contribution in [0.2, 0.25) is 0 Å². The van der Waals surface area contributed by atoms with Gasteiger partial charge in [-0.2, -0.15) is 0 Å². The maximum Gasteiger partial charge on any atom is 0.150 e. The lowest BCUT2D eigenvalue weighted by atomic mass is 10.3. The predicted octanol–water partition coefficient (Wildman–Crippen LogP) is 1.94. The number of nitrogens with one attached hydrogen (secondary N) is 1. The largest absolute Gasteiger partial charge is 0.385 e. The maximum absolute atomic E-state index is 11.6. The molecule has 0 amide bonds. The van der Waals surface area contributed by atoms with Crippen LogP contribution in [0.4, 0.5) is 5.69 Å². The van der Waals surface area contributed by atoms with Crippen LogP contribution in [-0.4, -0.2) is 40.2 Å². The molecule has 102 valence electrons. The first-order chi connectivity index (χ1) is 8.64. The number of sulfone groups is 1. The summed E-state index contributed by atoms with van der Waals surface area (Å²) in [5.41, 5.74) is 1.02. The maximum atomic E-state index is 11.6. The zero-order valence-corrected chi connectivity index (χ0v) is 11.6. The first-order valence-electron chi connectivity index (χ1n) is 6.12. The van der Waals surface area contributed by atoms with Crippen molar-refractivity contribution in [1.29, 1.82) is 0 Å². The molecule has 0 aliphatic rings. The highest BCUT2D eigenvalue weighted by Crippen LogP contribution is 2.05. The van der Waals surface area contributed by atoms with Crippen molar-refractivity contribution in [2.45, 2.75) is 12.8 Å². The van der Waals surface area contributed by atoms with Gasteiger partial charge in [0.1, 0.15) is 9.84 Å². The van der Waals surface area contributed by atoms with E-state index in [1.165, 1.54) is 0 Å². The topological polar surface area (TPSA) is 55.4 Å². The molecule has 0 aliphatic heterocycles. The molecular formula is C13H21NO3S. The molecule has 18 heavy (non-hydrogen) atoms. The second-order valence-electron chi connectivity index (χ2n) is 4.14. The Bertz CT molecular complexity index is 417. The molecule has 4 nitrogen and oxygen atoms in total. The zero-order valence-electron chi connectivity index (χ0n) is 10.8. The molecule has 0 bridgehead atoms. The Morgan fingerprint density at radius 2 is 1.78 bits per heavy atom. The summed E-state index contributed by atoms with van der Waals surface area (Å²) in [6.07, 6.45) is 1.20. The molecule has 5 heteroatoms. The highest BCUT2D eigenvalue weighted by Gasteiger charge is 2.09. The van der Waals surface area contributed by atoms with Gasteiger partial charge >= 0.3 is 0 Å². The number of methoxy groups -OCH3 is 1. The molecule has 1 aromatic carbocycles. The van der Waals surface area contributed by atoms with E-state index in [1.54, 1.807) is 7.11 Å². The van der Waals surface area contributed by atoms with Gasteiger partial charge in [0.25, 0.3) is 0 Å². The summed E-state index contributed by atoms with van der Waals surface area (Å²) in [5.74, 6) is 0.447. The minimum Gasteiger partial charge on any atom is -0.385 e. The van der Waals surface area contributed by atoms with E-state index in [9.17, 15) is 8.42 Å². The van der Waals surface area contributed by atoms with Crippen LogP contribution in [0.3, 0.4) is 0 Å². The van der Waals surface area contributed by atoms with E-state index in [0.29, 0.717) is 26.0 Å². The average molecular weight is 271 g/mol. The van der Waals surface area contributed by atoms with Crippen molar-refractivity contribution in [1.82, 2.24) is 0 Å². The first-order valence-corrected chi connectivity index (χ1v) is 7.94. The van der Waals surface area contributed by atoms with Gasteiger partial charge in [-0.15, -0.1) is 0 Å². The third-order valence-electron chi connectivity index (χ3n) is 2.54. The monoisotopic (exact) mass is 271 g/mol. The number of hydrogen-bond acceptors (Lipinski definition) is 4. The molecule has 1 rings (SSSR count). The van der Waals surface area contributed by atoms with E-state index in [4.69, 9.17) is 4.74 Å². The lowest BCUT2D eigenvalue weighted by molar-refractivity contribution is 0.199. The number of anilines is 1. The van der Waals surface area contributed by atoms with Crippen LogP contribution in [-0.2, 0) is 14.6 Å². The smallest absolute Gasteiger partial charge is 0.150 e. The number of hydrogen-bond donors (Lipinski definition) is 1. The number of para-hydroxylation sites is 1. The highest BCUT2D eigenvalue weighted by molar-refractivity contribution is 7.91. The summed E-state index contributed by atoms with van der Waals surface area (Å²) < 4.78 is 28.1. The first kappa shape index (κ1) is 15.0. The molecule has 0 atom stereocenters. The summed E-state index contributed by atoms with van der Waals surface area (Å²) in [6.45, 7) is 1.18. The molecule has 1 N–H and O–H groups in total. The van der Waals surface area contributed by atoms with Gasteiger partial charge in [0.05, 0.1) is 11.5 Å². The molecule has 0 saturated heterocycles. The summed E-state index contributed by atoms with van der Waals surface area (Å²) >= 11 is 0. The molecular weight excluding hydrogens is 250 g/mol. The van der Waals surface area contributed by atoms with Gasteiger partial charge in [0.2, 0.25) is 0 Å². The van der Waals surface area contributed by atoms with Gasteiger partial charge in [-0.05, 0) is 25.0 Å². The molecule has 0 fully saturated rings. The Hall–Kier alpha value is -1.07. The van der Waals surface area contributed by atoms with Crippen LogP contribution >= 0.6 is 0 Å². The molecule has 1 aromatic rings. The van der Waals surface area contributed by atoms with Crippen LogP contribution < -0.4 is 5.32 Å². The second kappa shape index (κ2) is 8.11. The Labute approximate surface area is 109 Å². The normalized spacial score (nSPS) is 11.4. The number of ether oxygens (including phenoxy) is 1. The molecule has 0 spiro atoms. The van der Waals surface area contributed by atoms with Crippen LogP contribution in [0, 0.1) is 0 Å². The summed E-state index contributed by atoms with van der Waals surface area (Å²) in [7, 11) is -1.35. The number of rotatable bonds is 9. The Kier molecular flexibility index (Phi) is 6.75. The van der Waals surface area contributed by atoms with Crippen molar-refractivity contribution in [2.75, 3.05) is 37.1 Å². The lowest BCUT2D eigenvalue weighted by Gasteiger charge is -2.07.